The molecule has 0 saturated carbocycles. The Kier molecular flexibility index (Phi) is 5.17. The van der Waals surface area contributed by atoms with E-state index in [0.717, 1.165) is 31.6 Å². The average Bonchev–Trinajstić information content (AvgIpc) is 3.34. The number of furan rings is 1. The first-order valence-electron chi connectivity index (χ1n) is 9.00. The molecule has 0 aliphatic carbocycles. The largest absolute Gasteiger partial charge is 0.459 e. The quantitative estimate of drug-likeness (QED) is 0.660. The molecule has 1 fully saturated rings. The van der Waals surface area contributed by atoms with Gasteiger partial charge in [0.1, 0.15) is 0 Å². The first kappa shape index (κ1) is 17.7. The maximum absolute atomic E-state index is 12.4. The molecule has 27 heavy (non-hydrogen) atoms. The fraction of sp³-hybridized carbons (Fsp3) is 0.316. The summed E-state index contributed by atoms with van der Waals surface area (Å²) in [6.45, 7) is 2.39. The molecule has 1 aliphatic heterocycles. The van der Waals surface area contributed by atoms with E-state index in [9.17, 15) is 4.79 Å². The molecule has 0 spiro atoms. The summed E-state index contributed by atoms with van der Waals surface area (Å²) < 4.78 is 12.5. The summed E-state index contributed by atoms with van der Waals surface area (Å²) in [4.78, 5) is 14.1. The minimum absolute atomic E-state index is 0.0397. The van der Waals surface area contributed by atoms with E-state index in [1.165, 1.54) is 4.90 Å². The number of nitrogens with zero attached hydrogens (tertiary/aromatic N) is 2. The minimum atomic E-state index is 0.0397. The van der Waals surface area contributed by atoms with Crippen LogP contribution in [0.3, 0.4) is 0 Å². The Balaban J connectivity index is 1.32. The van der Waals surface area contributed by atoms with Gasteiger partial charge in [-0.2, -0.15) is 4.68 Å². The highest BCUT2D eigenvalue weighted by molar-refractivity contribution is 7.71. The van der Waals surface area contributed by atoms with Gasteiger partial charge in [0.25, 0.3) is 10.7 Å². The molecule has 1 aliphatic rings. The Morgan fingerprint density at radius 1 is 1.22 bits per heavy atom. The fourth-order valence-electron chi connectivity index (χ4n) is 3.33. The molecular formula is C19H21N4O3S+. The fourth-order valence-corrected chi connectivity index (χ4v) is 3.51. The van der Waals surface area contributed by atoms with Gasteiger partial charge < -0.3 is 19.1 Å². The molecule has 0 radical (unpaired) electrons. The summed E-state index contributed by atoms with van der Waals surface area (Å²) in [5.41, 5.74) is 0.844. The van der Waals surface area contributed by atoms with Crippen molar-refractivity contribution in [3.8, 4) is 11.7 Å². The molecule has 8 heteroatoms. The van der Waals surface area contributed by atoms with Gasteiger partial charge in [-0.05, 0) is 36.5 Å². The number of aromatic nitrogens is 2. The van der Waals surface area contributed by atoms with Crippen LogP contribution in [0.4, 0.5) is 5.69 Å². The number of para-hydroxylation sites is 1. The second-order valence-corrected chi connectivity index (χ2v) is 7.04. The predicted molar refractivity (Wildman–Crippen MR) is 102 cm³/mol. The number of hydrogen-bond acceptors (Lipinski definition) is 5. The highest BCUT2D eigenvalue weighted by Gasteiger charge is 2.28. The normalized spacial score (nSPS) is 19.7. The van der Waals surface area contributed by atoms with Crippen molar-refractivity contribution in [1.29, 1.82) is 0 Å². The van der Waals surface area contributed by atoms with Crippen molar-refractivity contribution in [3.63, 3.8) is 0 Å². The van der Waals surface area contributed by atoms with Gasteiger partial charge in [-0.3, -0.25) is 4.79 Å². The van der Waals surface area contributed by atoms with Crippen molar-refractivity contribution in [3.05, 3.63) is 53.6 Å². The van der Waals surface area contributed by atoms with Crippen molar-refractivity contribution >= 4 is 23.8 Å². The van der Waals surface area contributed by atoms with Gasteiger partial charge in [0.15, 0.2) is 12.4 Å². The summed E-state index contributed by atoms with van der Waals surface area (Å²) in [5, 5.41) is 7.40. The van der Waals surface area contributed by atoms with Crippen LogP contribution in [0.15, 0.2) is 57.6 Å². The van der Waals surface area contributed by atoms with E-state index in [2.05, 4.69) is 10.4 Å². The zero-order chi connectivity index (χ0) is 18.6. The maximum atomic E-state index is 12.4. The van der Waals surface area contributed by atoms with Crippen molar-refractivity contribution in [2.45, 2.75) is 19.5 Å². The van der Waals surface area contributed by atoms with Gasteiger partial charge >= 0.3 is 0 Å². The molecule has 0 atom stereocenters. The number of carbonyl (C=O) groups excluding carboxylic acids is 1. The average molecular weight is 385 g/mol. The molecule has 2 N–H and O–H groups in total. The molecule has 140 valence electrons. The second kappa shape index (κ2) is 7.89. The summed E-state index contributed by atoms with van der Waals surface area (Å²) in [5.74, 6) is 1.09. The Morgan fingerprint density at radius 2 is 2.00 bits per heavy atom. The van der Waals surface area contributed by atoms with Crippen LogP contribution in [0, 0.1) is 10.8 Å². The summed E-state index contributed by atoms with van der Waals surface area (Å²) in [7, 11) is 0. The second-order valence-electron chi connectivity index (χ2n) is 6.69. The van der Waals surface area contributed by atoms with Gasteiger partial charge in [0.05, 0.1) is 19.4 Å². The minimum Gasteiger partial charge on any atom is -0.459 e. The standard InChI is InChI=1S/C19H20N4O3S/c24-17(20-15-5-2-1-3-6-15)14-8-10-22(11-9-14)13-23-19(27)26-18(21-23)16-7-4-12-25-16/h1-7,12,14H,8-11,13H2,(H,20,24)/p+1. The number of quaternary nitrogens is 1. The lowest BCUT2D eigenvalue weighted by molar-refractivity contribution is -0.929. The summed E-state index contributed by atoms with van der Waals surface area (Å²) in [6.07, 6.45) is 3.25. The Labute approximate surface area is 161 Å². The molecule has 3 aromatic rings. The van der Waals surface area contributed by atoms with Crippen LogP contribution in [-0.2, 0) is 11.5 Å². The molecular weight excluding hydrogens is 364 g/mol. The van der Waals surface area contributed by atoms with Crippen LogP contribution in [0.25, 0.3) is 11.7 Å². The number of carbonyl (C=O) groups is 1. The number of anilines is 1. The summed E-state index contributed by atoms with van der Waals surface area (Å²) >= 11 is 5.27. The number of benzene rings is 1. The van der Waals surface area contributed by atoms with Crippen LogP contribution >= 0.6 is 12.2 Å². The van der Waals surface area contributed by atoms with E-state index in [1.54, 1.807) is 23.1 Å². The third-order valence-electron chi connectivity index (χ3n) is 4.82. The van der Waals surface area contributed by atoms with Crippen LogP contribution in [0.2, 0.25) is 0 Å². The smallest absolute Gasteiger partial charge is 0.292 e. The van der Waals surface area contributed by atoms with E-state index in [-0.39, 0.29) is 11.8 Å². The van der Waals surface area contributed by atoms with E-state index < -0.39 is 0 Å². The van der Waals surface area contributed by atoms with Gasteiger partial charge in [-0.25, -0.2) is 0 Å². The zero-order valence-electron chi connectivity index (χ0n) is 14.8. The number of rotatable bonds is 5. The Hall–Kier alpha value is -2.71. The van der Waals surface area contributed by atoms with Gasteiger partial charge in [-0.1, -0.05) is 18.2 Å². The van der Waals surface area contributed by atoms with E-state index >= 15 is 0 Å². The molecule has 3 heterocycles. The van der Waals surface area contributed by atoms with Crippen molar-refractivity contribution < 1.29 is 18.5 Å². The van der Waals surface area contributed by atoms with Crippen LogP contribution in [0.5, 0.6) is 0 Å². The molecule has 0 unspecified atom stereocenters. The molecule has 7 nitrogen and oxygen atoms in total. The number of hydrogen-bond donors (Lipinski definition) is 2. The highest BCUT2D eigenvalue weighted by atomic mass is 32.1. The highest BCUT2D eigenvalue weighted by Crippen LogP contribution is 2.18. The number of amides is 1. The topological polar surface area (TPSA) is 77.6 Å². The molecule has 0 bridgehead atoms. The molecule has 1 aromatic carbocycles. The third-order valence-corrected chi connectivity index (χ3v) is 5.11. The lowest BCUT2D eigenvalue weighted by Gasteiger charge is -2.28. The van der Waals surface area contributed by atoms with E-state index in [0.29, 0.717) is 23.2 Å². The number of piperidine rings is 1. The molecule has 1 amide bonds. The Morgan fingerprint density at radius 3 is 2.70 bits per heavy atom. The van der Waals surface area contributed by atoms with Crippen LogP contribution in [0.1, 0.15) is 12.8 Å². The molecule has 4 rings (SSSR count). The lowest BCUT2D eigenvalue weighted by atomic mass is 9.96. The SMILES string of the molecule is O=C(Nc1ccccc1)C1CC[NH+](Cn2nc(-c3ccco3)oc2=S)CC1. The zero-order valence-corrected chi connectivity index (χ0v) is 15.6. The van der Waals surface area contributed by atoms with E-state index in [1.807, 2.05) is 30.3 Å². The van der Waals surface area contributed by atoms with E-state index in [4.69, 9.17) is 21.1 Å². The monoisotopic (exact) mass is 385 g/mol. The number of likely N-dealkylation sites (tertiary alicyclic amines) is 1. The Bertz CT molecular complexity index is 941. The first-order chi connectivity index (χ1) is 13.2. The lowest BCUT2D eigenvalue weighted by Crippen LogP contribution is -3.12. The third kappa shape index (κ3) is 4.17. The first-order valence-corrected chi connectivity index (χ1v) is 9.41. The van der Waals surface area contributed by atoms with Crippen LogP contribution in [-0.4, -0.2) is 28.8 Å². The van der Waals surface area contributed by atoms with Crippen molar-refractivity contribution in [2.24, 2.45) is 5.92 Å². The van der Waals surface area contributed by atoms with Gasteiger partial charge in [0, 0.05) is 24.4 Å². The maximum Gasteiger partial charge on any atom is 0.292 e. The molecule has 1 saturated heterocycles. The predicted octanol–water partition coefficient (Wildman–Crippen LogP) is 2.36. The van der Waals surface area contributed by atoms with Crippen LogP contribution < -0.4 is 10.2 Å². The number of nitrogens with one attached hydrogen (secondary N) is 2. The van der Waals surface area contributed by atoms with Gasteiger partial charge in [-0.15, -0.1) is 5.10 Å². The van der Waals surface area contributed by atoms with Crippen molar-refractivity contribution in [2.75, 3.05) is 18.4 Å². The summed E-state index contributed by atoms with van der Waals surface area (Å²) in [6, 6.07) is 13.1. The van der Waals surface area contributed by atoms with Crippen molar-refractivity contribution in [1.82, 2.24) is 9.78 Å². The van der Waals surface area contributed by atoms with Gasteiger partial charge in [0.2, 0.25) is 5.91 Å². The molecule has 2 aromatic heterocycles.